The van der Waals surface area contributed by atoms with Crippen molar-refractivity contribution in [1.29, 1.82) is 0 Å². The molecule has 0 saturated carbocycles. The molecular formula is C20H21N3OS. The molecule has 1 heterocycles. The first-order chi connectivity index (χ1) is 11.8. The minimum atomic E-state index is -0.198. The molecule has 25 heavy (non-hydrogen) atoms. The maximum Gasteiger partial charge on any atom is 0.268 e. The average Bonchev–Trinajstić information content (AvgIpc) is 2.97. The van der Waals surface area contributed by atoms with Crippen LogP contribution in [0, 0.1) is 0 Å². The van der Waals surface area contributed by atoms with Crippen molar-refractivity contribution in [1.82, 2.24) is 4.98 Å². The van der Waals surface area contributed by atoms with Crippen LogP contribution < -0.4 is 11.1 Å². The third-order valence-corrected chi connectivity index (χ3v) is 4.79. The van der Waals surface area contributed by atoms with Gasteiger partial charge in [-0.05, 0) is 23.1 Å². The average molecular weight is 351 g/mol. The molecule has 0 bridgehead atoms. The van der Waals surface area contributed by atoms with Gasteiger partial charge in [-0.2, -0.15) is 0 Å². The van der Waals surface area contributed by atoms with Crippen LogP contribution in [-0.2, 0) is 5.41 Å². The number of hydrogen-bond donors (Lipinski definition) is 2. The summed E-state index contributed by atoms with van der Waals surface area (Å²) in [5.74, 6) is -0.198. The van der Waals surface area contributed by atoms with Crippen LogP contribution in [0.4, 0.5) is 10.8 Å². The van der Waals surface area contributed by atoms with Gasteiger partial charge in [-0.15, -0.1) is 0 Å². The molecule has 3 aromatic rings. The van der Waals surface area contributed by atoms with E-state index in [9.17, 15) is 4.79 Å². The third-order valence-electron chi connectivity index (χ3n) is 3.91. The molecule has 3 N–H and O–H groups in total. The lowest BCUT2D eigenvalue weighted by Crippen LogP contribution is -2.13. The van der Waals surface area contributed by atoms with E-state index in [0.29, 0.717) is 15.7 Å². The predicted octanol–water partition coefficient (Wildman–Crippen LogP) is 4.94. The van der Waals surface area contributed by atoms with Gasteiger partial charge in [-0.25, -0.2) is 4.98 Å². The monoisotopic (exact) mass is 351 g/mol. The Bertz CT molecular complexity index is 878. The zero-order valence-corrected chi connectivity index (χ0v) is 15.4. The number of nitrogens with one attached hydrogen (secondary N) is 1. The summed E-state index contributed by atoms with van der Waals surface area (Å²) < 4.78 is 0. The number of thiazole rings is 1. The standard InChI is InChI=1S/C20H21N3OS/c1-20(2,3)14-9-11-15(12-10-14)22-18(24)17-16(23-19(21)25-17)13-7-5-4-6-8-13/h4-12H,1-3H3,(H2,21,23)(H,22,24). The second-order valence-electron chi connectivity index (χ2n) is 6.88. The highest BCUT2D eigenvalue weighted by Crippen LogP contribution is 2.30. The fourth-order valence-corrected chi connectivity index (χ4v) is 3.27. The Balaban J connectivity index is 1.85. The number of benzene rings is 2. The van der Waals surface area contributed by atoms with E-state index in [4.69, 9.17) is 5.73 Å². The molecule has 5 heteroatoms. The molecule has 0 radical (unpaired) electrons. The highest BCUT2D eigenvalue weighted by atomic mass is 32.1. The molecule has 3 rings (SSSR count). The van der Waals surface area contributed by atoms with Crippen LogP contribution in [0.3, 0.4) is 0 Å². The number of anilines is 2. The molecule has 1 amide bonds. The largest absolute Gasteiger partial charge is 0.375 e. The highest BCUT2D eigenvalue weighted by Gasteiger charge is 2.19. The number of carbonyl (C=O) groups excluding carboxylic acids is 1. The van der Waals surface area contributed by atoms with Crippen molar-refractivity contribution < 1.29 is 4.79 Å². The van der Waals surface area contributed by atoms with Crippen LogP contribution in [0.15, 0.2) is 54.6 Å². The molecule has 128 valence electrons. The summed E-state index contributed by atoms with van der Waals surface area (Å²) in [5.41, 5.74) is 9.39. The number of aromatic nitrogens is 1. The zero-order chi connectivity index (χ0) is 18.0. The Morgan fingerprint density at radius 3 is 2.28 bits per heavy atom. The van der Waals surface area contributed by atoms with Crippen molar-refractivity contribution in [2.24, 2.45) is 0 Å². The van der Waals surface area contributed by atoms with Crippen LogP contribution in [-0.4, -0.2) is 10.9 Å². The summed E-state index contributed by atoms with van der Waals surface area (Å²) in [6.45, 7) is 6.48. The molecule has 4 nitrogen and oxygen atoms in total. The van der Waals surface area contributed by atoms with E-state index in [0.717, 1.165) is 11.3 Å². The van der Waals surface area contributed by atoms with E-state index in [1.165, 1.54) is 16.9 Å². The maximum atomic E-state index is 12.7. The molecule has 0 spiro atoms. The molecular weight excluding hydrogens is 330 g/mol. The number of rotatable bonds is 3. The topological polar surface area (TPSA) is 68.0 Å². The zero-order valence-electron chi connectivity index (χ0n) is 14.5. The lowest BCUT2D eigenvalue weighted by Gasteiger charge is -2.19. The van der Waals surface area contributed by atoms with Crippen LogP contribution in [0.1, 0.15) is 36.0 Å². The van der Waals surface area contributed by atoms with Crippen LogP contribution >= 0.6 is 11.3 Å². The smallest absolute Gasteiger partial charge is 0.268 e. The SMILES string of the molecule is CC(C)(C)c1ccc(NC(=O)c2sc(N)nc2-c2ccccc2)cc1. The summed E-state index contributed by atoms with van der Waals surface area (Å²) in [4.78, 5) is 17.5. The molecule has 0 aliphatic carbocycles. The van der Waals surface area contributed by atoms with Crippen molar-refractivity contribution in [3.8, 4) is 11.3 Å². The van der Waals surface area contributed by atoms with Gasteiger partial charge < -0.3 is 11.1 Å². The quantitative estimate of drug-likeness (QED) is 0.702. The minimum absolute atomic E-state index is 0.0785. The Morgan fingerprint density at radius 1 is 1.04 bits per heavy atom. The van der Waals surface area contributed by atoms with E-state index >= 15 is 0 Å². The molecule has 1 aromatic heterocycles. The van der Waals surface area contributed by atoms with Crippen molar-refractivity contribution in [2.45, 2.75) is 26.2 Å². The number of nitrogens with two attached hydrogens (primary N) is 1. The first kappa shape index (κ1) is 17.2. The van der Waals surface area contributed by atoms with Crippen LogP contribution in [0.5, 0.6) is 0 Å². The molecule has 0 aliphatic rings. The van der Waals surface area contributed by atoms with Gasteiger partial charge in [0.15, 0.2) is 5.13 Å². The Morgan fingerprint density at radius 2 is 1.68 bits per heavy atom. The molecule has 0 atom stereocenters. The molecule has 2 aromatic carbocycles. The summed E-state index contributed by atoms with van der Waals surface area (Å²) >= 11 is 1.20. The van der Waals surface area contributed by atoms with Gasteiger partial charge in [0, 0.05) is 11.3 Å². The lowest BCUT2D eigenvalue weighted by molar-refractivity contribution is 0.103. The molecule has 0 fully saturated rings. The molecule has 0 aliphatic heterocycles. The first-order valence-electron chi connectivity index (χ1n) is 8.08. The minimum Gasteiger partial charge on any atom is -0.375 e. The number of nitrogens with zero attached hydrogens (tertiary/aromatic N) is 1. The fraction of sp³-hybridized carbons (Fsp3) is 0.200. The van der Waals surface area contributed by atoms with Gasteiger partial charge in [0.25, 0.3) is 5.91 Å². The number of amides is 1. The summed E-state index contributed by atoms with van der Waals surface area (Å²) in [5, 5.41) is 3.32. The fourth-order valence-electron chi connectivity index (χ4n) is 2.52. The maximum absolute atomic E-state index is 12.7. The van der Waals surface area contributed by atoms with Crippen molar-refractivity contribution in [3.05, 3.63) is 65.0 Å². The first-order valence-corrected chi connectivity index (χ1v) is 8.90. The summed E-state index contributed by atoms with van der Waals surface area (Å²) in [6, 6.07) is 17.5. The predicted molar refractivity (Wildman–Crippen MR) is 105 cm³/mol. The van der Waals surface area contributed by atoms with E-state index < -0.39 is 0 Å². The van der Waals surface area contributed by atoms with E-state index in [1.807, 2.05) is 54.6 Å². The second kappa shape index (κ2) is 6.69. The van der Waals surface area contributed by atoms with Gasteiger partial charge >= 0.3 is 0 Å². The highest BCUT2D eigenvalue weighted by molar-refractivity contribution is 7.17. The van der Waals surface area contributed by atoms with Crippen LogP contribution in [0.25, 0.3) is 11.3 Å². The van der Waals surface area contributed by atoms with Gasteiger partial charge in [0.2, 0.25) is 0 Å². The van der Waals surface area contributed by atoms with Crippen LogP contribution in [0.2, 0.25) is 0 Å². The number of carbonyl (C=O) groups is 1. The van der Waals surface area contributed by atoms with Crippen molar-refractivity contribution in [2.75, 3.05) is 11.1 Å². The molecule has 0 saturated heterocycles. The van der Waals surface area contributed by atoms with Gasteiger partial charge in [-0.1, -0.05) is 74.6 Å². The third kappa shape index (κ3) is 3.88. The van der Waals surface area contributed by atoms with Crippen molar-refractivity contribution in [3.63, 3.8) is 0 Å². The van der Waals surface area contributed by atoms with E-state index in [1.54, 1.807) is 0 Å². The number of hydrogen-bond acceptors (Lipinski definition) is 4. The number of nitrogen functional groups attached to an aromatic ring is 1. The summed E-state index contributed by atoms with van der Waals surface area (Å²) in [7, 11) is 0. The van der Waals surface area contributed by atoms with Gasteiger partial charge in [0.1, 0.15) is 4.88 Å². The van der Waals surface area contributed by atoms with E-state index in [2.05, 4.69) is 31.1 Å². The second-order valence-corrected chi connectivity index (χ2v) is 7.91. The normalized spacial score (nSPS) is 11.3. The Kier molecular flexibility index (Phi) is 4.59. The van der Waals surface area contributed by atoms with Crippen molar-refractivity contribution >= 4 is 28.1 Å². The van der Waals surface area contributed by atoms with Gasteiger partial charge in [0.05, 0.1) is 5.69 Å². The lowest BCUT2D eigenvalue weighted by atomic mass is 9.87. The van der Waals surface area contributed by atoms with Gasteiger partial charge in [-0.3, -0.25) is 4.79 Å². The Labute approximate surface area is 151 Å². The molecule has 0 unspecified atom stereocenters. The summed E-state index contributed by atoms with van der Waals surface area (Å²) in [6.07, 6.45) is 0. The Hall–Kier alpha value is -2.66. The van der Waals surface area contributed by atoms with E-state index in [-0.39, 0.29) is 11.3 Å².